The van der Waals surface area contributed by atoms with Crippen LogP contribution in [0.4, 0.5) is 16.0 Å². The molecule has 0 radical (unpaired) electrons. The van der Waals surface area contributed by atoms with E-state index >= 15 is 0 Å². The second kappa shape index (κ2) is 5.52. The molecule has 1 aromatic carbocycles. The summed E-state index contributed by atoms with van der Waals surface area (Å²) in [5.74, 6) is 1.03. The normalized spacial score (nSPS) is 10.9. The lowest BCUT2D eigenvalue weighted by Crippen LogP contribution is -2.07. The molecule has 0 saturated carbocycles. The Labute approximate surface area is 114 Å². The first kappa shape index (κ1) is 13.1. The topological polar surface area (TPSA) is 29.9 Å². The molecule has 0 aliphatic heterocycles. The van der Waals surface area contributed by atoms with Gasteiger partial charge in [0.1, 0.15) is 5.82 Å². The Balaban J connectivity index is 2.21. The Kier molecular flexibility index (Phi) is 4.01. The minimum atomic E-state index is -0.266. The largest absolute Gasteiger partial charge is 0.325 e. The second-order valence-corrected chi connectivity index (χ2v) is 5.40. The van der Waals surface area contributed by atoms with Gasteiger partial charge in [0.2, 0.25) is 5.95 Å². The summed E-state index contributed by atoms with van der Waals surface area (Å²) >= 11 is 3.33. The summed E-state index contributed by atoms with van der Waals surface area (Å²) in [4.78, 5) is 4.27. The van der Waals surface area contributed by atoms with Gasteiger partial charge in [0.15, 0.2) is 0 Å². The molecular weight excluding hydrogens is 297 g/mol. The number of hydrogen-bond donors (Lipinski definition) is 1. The highest BCUT2D eigenvalue weighted by atomic mass is 79.9. The van der Waals surface area contributed by atoms with Crippen molar-refractivity contribution in [1.29, 1.82) is 0 Å². The maximum atomic E-state index is 13.0. The molecule has 2 aromatic rings. The van der Waals surface area contributed by atoms with Crippen LogP contribution in [-0.4, -0.2) is 9.55 Å². The summed E-state index contributed by atoms with van der Waals surface area (Å²) in [6, 6.07) is 4.54. The van der Waals surface area contributed by atoms with Crippen LogP contribution in [0.1, 0.15) is 13.8 Å². The van der Waals surface area contributed by atoms with Gasteiger partial charge < -0.3 is 9.88 Å². The van der Waals surface area contributed by atoms with E-state index in [1.165, 1.54) is 12.1 Å². The molecule has 0 saturated heterocycles. The van der Waals surface area contributed by atoms with Gasteiger partial charge in [-0.25, -0.2) is 9.37 Å². The highest BCUT2D eigenvalue weighted by Gasteiger charge is 2.07. The van der Waals surface area contributed by atoms with E-state index in [-0.39, 0.29) is 5.82 Å². The highest BCUT2D eigenvalue weighted by Crippen LogP contribution is 2.26. The van der Waals surface area contributed by atoms with Crippen LogP contribution in [0.5, 0.6) is 0 Å². The number of rotatable bonds is 4. The number of hydrogen-bond acceptors (Lipinski definition) is 2. The average Bonchev–Trinajstić information content (AvgIpc) is 2.69. The summed E-state index contributed by atoms with van der Waals surface area (Å²) in [7, 11) is 0. The third kappa shape index (κ3) is 3.10. The molecule has 0 spiro atoms. The molecule has 1 heterocycles. The van der Waals surface area contributed by atoms with Crippen LogP contribution >= 0.6 is 15.9 Å². The van der Waals surface area contributed by atoms with E-state index in [4.69, 9.17) is 0 Å². The van der Waals surface area contributed by atoms with Gasteiger partial charge in [-0.2, -0.15) is 0 Å². The quantitative estimate of drug-likeness (QED) is 0.917. The molecule has 5 heteroatoms. The predicted molar refractivity (Wildman–Crippen MR) is 74.4 cm³/mol. The van der Waals surface area contributed by atoms with E-state index in [1.54, 1.807) is 12.3 Å². The molecule has 0 aliphatic rings. The molecule has 3 nitrogen and oxygen atoms in total. The van der Waals surface area contributed by atoms with Crippen molar-refractivity contribution in [2.24, 2.45) is 5.92 Å². The first-order chi connectivity index (χ1) is 8.56. The lowest BCUT2D eigenvalue weighted by Gasteiger charge is -2.12. The fraction of sp³-hybridized carbons (Fsp3) is 0.308. The van der Waals surface area contributed by atoms with Crippen molar-refractivity contribution in [3.05, 3.63) is 40.9 Å². The first-order valence-electron chi connectivity index (χ1n) is 5.79. The van der Waals surface area contributed by atoms with E-state index in [0.717, 1.165) is 18.2 Å². The first-order valence-corrected chi connectivity index (χ1v) is 6.59. The number of halogens is 2. The monoisotopic (exact) mass is 311 g/mol. The van der Waals surface area contributed by atoms with Gasteiger partial charge in [-0.3, -0.25) is 0 Å². The number of nitrogens with zero attached hydrogens (tertiary/aromatic N) is 2. The molecule has 96 valence electrons. The third-order valence-electron chi connectivity index (χ3n) is 2.45. The molecule has 0 bridgehead atoms. The third-order valence-corrected chi connectivity index (χ3v) is 3.11. The van der Waals surface area contributed by atoms with Crippen LogP contribution in [0.3, 0.4) is 0 Å². The van der Waals surface area contributed by atoms with E-state index in [2.05, 4.69) is 40.1 Å². The minimum Gasteiger partial charge on any atom is -0.325 e. The van der Waals surface area contributed by atoms with Crippen LogP contribution in [0, 0.1) is 11.7 Å². The zero-order valence-corrected chi connectivity index (χ0v) is 11.9. The smallest absolute Gasteiger partial charge is 0.207 e. The fourth-order valence-corrected chi connectivity index (χ4v) is 2.14. The molecule has 0 atom stereocenters. The van der Waals surface area contributed by atoms with E-state index < -0.39 is 0 Å². The van der Waals surface area contributed by atoms with E-state index in [0.29, 0.717) is 10.4 Å². The second-order valence-electron chi connectivity index (χ2n) is 4.55. The number of aromatic nitrogens is 2. The summed E-state index contributed by atoms with van der Waals surface area (Å²) in [6.45, 7) is 5.19. The molecule has 0 aliphatic carbocycles. The van der Waals surface area contributed by atoms with Gasteiger partial charge >= 0.3 is 0 Å². The van der Waals surface area contributed by atoms with Crippen molar-refractivity contribution < 1.29 is 4.39 Å². The van der Waals surface area contributed by atoms with E-state index in [9.17, 15) is 4.39 Å². The fourth-order valence-electron chi connectivity index (χ4n) is 1.69. The Morgan fingerprint density at radius 3 is 2.89 bits per heavy atom. The van der Waals surface area contributed by atoms with E-state index in [1.807, 2.05) is 10.8 Å². The van der Waals surface area contributed by atoms with Crippen LogP contribution < -0.4 is 5.32 Å². The van der Waals surface area contributed by atoms with Gasteiger partial charge in [0, 0.05) is 23.4 Å². The lowest BCUT2D eigenvalue weighted by atomic mass is 10.2. The van der Waals surface area contributed by atoms with Gasteiger partial charge in [-0.1, -0.05) is 13.8 Å². The van der Waals surface area contributed by atoms with Gasteiger partial charge in [0.25, 0.3) is 0 Å². The van der Waals surface area contributed by atoms with Crippen molar-refractivity contribution in [1.82, 2.24) is 9.55 Å². The maximum absolute atomic E-state index is 13.0. The molecule has 0 unspecified atom stereocenters. The van der Waals surface area contributed by atoms with Crippen molar-refractivity contribution in [2.75, 3.05) is 5.32 Å². The van der Waals surface area contributed by atoms with Crippen molar-refractivity contribution in [3.63, 3.8) is 0 Å². The average molecular weight is 312 g/mol. The van der Waals surface area contributed by atoms with Crippen molar-refractivity contribution in [2.45, 2.75) is 20.4 Å². The zero-order chi connectivity index (χ0) is 13.1. The Morgan fingerprint density at radius 2 is 2.22 bits per heavy atom. The molecule has 0 amide bonds. The van der Waals surface area contributed by atoms with Crippen LogP contribution in [0.25, 0.3) is 0 Å². The van der Waals surface area contributed by atoms with Crippen LogP contribution in [0.15, 0.2) is 35.1 Å². The van der Waals surface area contributed by atoms with Gasteiger partial charge in [-0.15, -0.1) is 0 Å². The van der Waals surface area contributed by atoms with Gasteiger partial charge in [0.05, 0.1) is 5.69 Å². The molecule has 0 fully saturated rings. The summed E-state index contributed by atoms with van der Waals surface area (Å²) < 4.78 is 15.7. The molecular formula is C13H15BrFN3. The summed E-state index contributed by atoms with van der Waals surface area (Å²) in [6.07, 6.45) is 3.68. The van der Waals surface area contributed by atoms with Crippen LogP contribution in [0.2, 0.25) is 0 Å². The Hall–Kier alpha value is -1.36. The molecule has 1 aromatic heterocycles. The van der Waals surface area contributed by atoms with Gasteiger partial charge in [-0.05, 0) is 40.0 Å². The predicted octanol–water partition coefficient (Wildman–Crippen LogP) is 4.18. The SMILES string of the molecule is CC(C)Cn1ccnc1Nc1ccc(F)cc1Br. The van der Waals surface area contributed by atoms with Crippen molar-refractivity contribution >= 4 is 27.6 Å². The lowest BCUT2D eigenvalue weighted by molar-refractivity contribution is 0.527. The Morgan fingerprint density at radius 1 is 1.44 bits per heavy atom. The number of imidazole rings is 1. The molecule has 2 rings (SSSR count). The zero-order valence-electron chi connectivity index (χ0n) is 10.3. The standard InChI is InChI=1S/C13H15BrFN3/c1-9(2)8-18-6-5-16-13(18)17-12-4-3-10(15)7-11(12)14/h3-7,9H,8H2,1-2H3,(H,16,17). The van der Waals surface area contributed by atoms with Crippen LogP contribution in [-0.2, 0) is 6.54 Å². The van der Waals surface area contributed by atoms with Crippen molar-refractivity contribution in [3.8, 4) is 0 Å². The molecule has 18 heavy (non-hydrogen) atoms. The number of benzene rings is 1. The minimum absolute atomic E-state index is 0.266. The highest BCUT2D eigenvalue weighted by molar-refractivity contribution is 9.10. The maximum Gasteiger partial charge on any atom is 0.207 e. The molecule has 1 N–H and O–H groups in total. The number of nitrogens with one attached hydrogen (secondary N) is 1. The Bertz CT molecular complexity index is 537. The summed E-state index contributed by atoms with van der Waals surface area (Å²) in [5.41, 5.74) is 0.799. The summed E-state index contributed by atoms with van der Waals surface area (Å²) in [5, 5.41) is 3.19. The number of anilines is 2.